The van der Waals surface area contributed by atoms with E-state index < -0.39 is 0 Å². The van der Waals surface area contributed by atoms with Gasteiger partial charge in [0.1, 0.15) is 6.29 Å². The number of rotatable bonds is 21. The van der Waals surface area contributed by atoms with Crippen molar-refractivity contribution in [2.75, 3.05) is 6.61 Å². The molecule has 0 aliphatic carbocycles. The number of carbonyl (C=O) groups excluding carboxylic acids is 2. The van der Waals surface area contributed by atoms with Crippen LogP contribution in [0.3, 0.4) is 0 Å². The molecule has 0 fully saturated rings. The first-order valence-electron chi connectivity index (χ1n) is 13.4. The van der Waals surface area contributed by atoms with E-state index in [4.69, 9.17) is 4.74 Å². The van der Waals surface area contributed by atoms with E-state index in [1.807, 2.05) is 0 Å². The molecule has 0 rings (SSSR count). The molecule has 0 aromatic carbocycles. The fourth-order valence-corrected chi connectivity index (χ4v) is 3.04. The van der Waals surface area contributed by atoms with Crippen molar-refractivity contribution in [3.63, 3.8) is 0 Å². The Labute approximate surface area is 205 Å². The zero-order chi connectivity index (χ0) is 24.7. The highest BCUT2D eigenvalue weighted by molar-refractivity contribution is 5.65. The average Bonchev–Trinajstić information content (AvgIpc) is 2.81. The van der Waals surface area contributed by atoms with Crippen LogP contribution >= 0.6 is 0 Å². The number of carbonyl (C=O) groups is 2. The van der Waals surface area contributed by atoms with Gasteiger partial charge in [0, 0.05) is 13.3 Å². The van der Waals surface area contributed by atoms with Crippen molar-refractivity contribution < 1.29 is 14.3 Å². The second-order valence-corrected chi connectivity index (χ2v) is 8.32. The summed E-state index contributed by atoms with van der Waals surface area (Å²) < 4.78 is 4.85. The van der Waals surface area contributed by atoms with Crippen molar-refractivity contribution in [1.82, 2.24) is 0 Å². The molecule has 0 atom stereocenters. The Kier molecular flexibility index (Phi) is 32.5. The van der Waals surface area contributed by atoms with Gasteiger partial charge in [-0.3, -0.25) is 4.79 Å². The number of unbranched alkanes of at least 4 members (excludes halogenated alkanes) is 12. The molecule has 0 aromatic heterocycles. The lowest BCUT2D eigenvalue weighted by molar-refractivity contribution is -0.141. The normalized spacial score (nSPS) is 11.5. The molecular weight excluding hydrogens is 408 g/mol. The quantitative estimate of drug-likeness (QED) is 0.0741. The number of ether oxygens (including phenoxy) is 1. The number of hydrogen-bond acceptors (Lipinski definition) is 3. The molecule has 0 aliphatic heterocycles. The van der Waals surface area contributed by atoms with E-state index in [-0.39, 0.29) is 5.97 Å². The minimum atomic E-state index is -0.175. The van der Waals surface area contributed by atoms with E-state index in [1.165, 1.54) is 71.1 Å². The fourth-order valence-electron chi connectivity index (χ4n) is 3.04. The third kappa shape index (κ3) is 37.7. The Morgan fingerprint density at radius 2 is 1.06 bits per heavy atom. The molecule has 0 unspecified atom stereocenters. The molecule has 0 aliphatic rings. The molecule has 33 heavy (non-hydrogen) atoms. The molecular formula is C30H52O3. The van der Waals surface area contributed by atoms with Crippen molar-refractivity contribution in [1.29, 1.82) is 0 Å². The maximum absolute atomic E-state index is 10.5. The molecule has 3 heteroatoms. The zero-order valence-electron chi connectivity index (χ0n) is 21.9. The molecule has 0 saturated heterocycles. The van der Waals surface area contributed by atoms with Gasteiger partial charge in [0.15, 0.2) is 0 Å². The molecule has 0 amide bonds. The van der Waals surface area contributed by atoms with Gasteiger partial charge in [0.2, 0.25) is 0 Å². The van der Waals surface area contributed by atoms with Crippen LogP contribution in [0.1, 0.15) is 124 Å². The smallest absolute Gasteiger partial charge is 0.302 e. The summed E-state index contributed by atoms with van der Waals surface area (Å²) in [6.45, 7) is 6.36. The van der Waals surface area contributed by atoms with Crippen LogP contribution in [-0.4, -0.2) is 18.9 Å². The van der Waals surface area contributed by atoms with Crippen molar-refractivity contribution in [3.8, 4) is 0 Å². The Hall–Kier alpha value is -1.90. The Bertz CT molecular complexity index is 515. The number of allylic oxidation sites excluding steroid dienone is 8. The summed E-state index contributed by atoms with van der Waals surface area (Å²) in [6.07, 6.45) is 37.1. The van der Waals surface area contributed by atoms with E-state index in [0.29, 0.717) is 6.61 Å². The largest absolute Gasteiger partial charge is 0.466 e. The summed E-state index contributed by atoms with van der Waals surface area (Å²) >= 11 is 0. The van der Waals surface area contributed by atoms with Crippen molar-refractivity contribution in [2.45, 2.75) is 124 Å². The highest BCUT2D eigenvalue weighted by Gasteiger charge is 1.93. The van der Waals surface area contributed by atoms with E-state index in [2.05, 4.69) is 62.5 Å². The molecule has 3 nitrogen and oxygen atoms in total. The molecule has 0 N–H and O–H groups in total. The van der Waals surface area contributed by atoms with Gasteiger partial charge in [-0.15, -0.1) is 0 Å². The SMILES string of the molecule is CC/C=C\C=C/CCCCCCOC(C)=O.CCC/C=C\C=C/CCCCCCCCC=O. The first-order valence-corrected chi connectivity index (χ1v) is 13.4. The number of aldehydes is 1. The van der Waals surface area contributed by atoms with Crippen LogP contribution in [0.15, 0.2) is 48.6 Å². The minimum absolute atomic E-state index is 0.175. The Morgan fingerprint density at radius 1 is 0.606 bits per heavy atom. The topological polar surface area (TPSA) is 43.4 Å². The molecule has 0 radical (unpaired) electrons. The van der Waals surface area contributed by atoms with E-state index in [0.717, 1.165) is 44.8 Å². The first-order chi connectivity index (χ1) is 16.2. The van der Waals surface area contributed by atoms with E-state index >= 15 is 0 Å². The summed E-state index contributed by atoms with van der Waals surface area (Å²) in [5.41, 5.74) is 0. The van der Waals surface area contributed by atoms with Gasteiger partial charge in [-0.25, -0.2) is 0 Å². The van der Waals surface area contributed by atoms with Gasteiger partial charge >= 0.3 is 5.97 Å². The highest BCUT2D eigenvalue weighted by atomic mass is 16.5. The third-order valence-electron chi connectivity index (χ3n) is 4.97. The average molecular weight is 461 g/mol. The van der Waals surface area contributed by atoms with Crippen molar-refractivity contribution in [2.24, 2.45) is 0 Å². The van der Waals surface area contributed by atoms with Gasteiger partial charge in [-0.1, -0.05) is 107 Å². The lowest BCUT2D eigenvalue weighted by Gasteiger charge is -2.00. The summed E-state index contributed by atoms with van der Waals surface area (Å²) in [4.78, 5) is 20.6. The molecule has 0 saturated carbocycles. The van der Waals surface area contributed by atoms with Crippen molar-refractivity contribution in [3.05, 3.63) is 48.6 Å². The summed E-state index contributed by atoms with van der Waals surface area (Å²) in [7, 11) is 0. The maximum Gasteiger partial charge on any atom is 0.302 e. The fraction of sp³-hybridized carbons (Fsp3) is 0.667. The zero-order valence-corrected chi connectivity index (χ0v) is 21.9. The second-order valence-electron chi connectivity index (χ2n) is 8.32. The molecule has 0 bridgehead atoms. The predicted octanol–water partition coefficient (Wildman–Crippen LogP) is 9.24. The van der Waals surface area contributed by atoms with Crippen LogP contribution in [-0.2, 0) is 14.3 Å². The molecule has 190 valence electrons. The van der Waals surface area contributed by atoms with Gasteiger partial charge < -0.3 is 9.53 Å². The van der Waals surface area contributed by atoms with Gasteiger partial charge in [-0.2, -0.15) is 0 Å². The van der Waals surface area contributed by atoms with Crippen LogP contribution in [0.2, 0.25) is 0 Å². The Morgan fingerprint density at radius 3 is 1.55 bits per heavy atom. The highest BCUT2D eigenvalue weighted by Crippen LogP contribution is 2.08. The lowest BCUT2D eigenvalue weighted by Crippen LogP contribution is -1.99. The van der Waals surface area contributed by atoms with E-state index in [9.17, 15) is 9.59 Å². The van der Waals surface area contributed by atoms with Crippen LogP contribution in [0, 0.1) is 0 Å². The van der Waals surface area contributed by atoms with Crippen LogP contribution in [0.25, 0.3) is 0 Å². The monoisotopic (exact) mass is 460 g/mol. The summed E-state index contributed by atoms with van der Waals surface area (Å²) in [5.74, 6) is -0.175. The van der Waals surface area contributed by atoms with Gasteiger partial charge in [-0.05, 0) is 51.4 Å². The predicted molar refractivity (Wildman–Crippen MR) is 144 cm³/mol. The third-order valence-corrected chi connectivity index (χ3v) is 4.97. The van der Waals surface area contributed by atoms with Gasteiger partial charge in [0.25, 0.3) is 0 Å². The lowest BCUT2D eigenvalue weighted by atomic mass is 10.1. The van der Waals surface area contributed by atoms with Crippen LogP contribution < -0.4 is 0 Å². The molecule has 0 aromatic rings. The standard InChI is InChI=1S/C16H28O.C14H24O2/c1-2-3-4-5-6-7-8-9-10-11-12-13-14-15-16-17;1-3-4-5-6-7-8-9-10-11-12-13-16-14(2)15/h4-7,16H,2-3,8-15H2,1H3;4-7H,3,8-13H2,1-2H3/b2*5-4-,7-6-. The number of esters is 1. The van der Waals surface area contributed by atoms with Gasteiger partial charge in [0.05, 0.1) is 6.61 Å². The minimum Gasteiger partial charge on any atom is -0.466 e. The van der Waals surface area contributed by atoms with Crippen molar-refractivity contribution >= 4 is 12.3 Å². The van der Waals surface area contributed by atoms with E-state index in [1.54, 1.807) is 0 Å². The number of hydrogen-bond donors (Lipinski definition) is 0. The Balaban J connectivity index is 0. The second kappa shape index (κ2) is 32.3. The molecule has 0 spiro atoms. The maximum atomic E-state index is 10.5. The first kappa shape index (κ1) is 33.3. The summed E-state index contributed by atoms with van der Waals surface area (Å²) in [6, 6.07) is 0. The molecule has 0 heterocycles. The van der Waals surface area contributed by atoms with Crippen LogP contribution in [0.5, 0.6) is 0 Å². The van der Waals surface area contributed by atoms with Crippen LogP contribution in [0.4, 0.5) is 0 Å². The summed E-state index contributed by atoms with van der Waals surface area (Å²) in [5, 5.41) is 0.